The van der Waals surface area contributed by atoms with Crippen molar-refractivity contribution in [2.45, 2.75) is 13.5 Å². The maximum absolute atomic E-state index is 12.4. The summed E-state index contributed by atoms with van der Waals surface area (Å²) in [6, 6.07) is 9.25. The second-order valence-electron chi connectivity index (χ2n) is 5.93. The lowest BCUT2D eigenvalue weighted by molar-refractivity contribution is 0.102. The summed E-state index contributed by atoms with van der Waals surface area (Å²) >= 11 is 0. The molecule has 0 saturated heterocycles. The number of pyridine rings is 1. The number of hydrogen-bond donors (Lipinski definition) is 2. The number of benzene rings is 1. The van der Waals surface area contributed by atoms with Crippen LogP contribution in [0.2, 0.25) is 0 Å². The number of aromatic nitrogens is 3. The Morgan fingerprint density at radius 2 is 2.07 bits per heavy atom. The molecule has 0 bridgehead atoms. The molecule has 8 nitrogen and oxygen atoms in total. The highest BCUT2D eigenvalue weighted by molar-refractivity contribution is 6.04. The van der Waals surface area contributed by atoms with Crippen molar-refractivity contribution in [2.24, 2.45) is 0 Å². The number of carbonyl (C=O) groups is 1. The average Bonchev–Trinajstić information content (AvgIpc) is 3.15. The number of nitrogens with zero attached hydrogens (tertiary/aromatic N) is 3. The molecule has 3 heterocycles. The van der Waals surface area contributed by atoms with Gasteiger partial charge in [0.2, 0.25) is 12.7 Å². The molecule has 0 aliphatic carbocycles. The maximum Gasteiger partial charge on any atom is 0.259 e. The molecule has 0 radical (unpaired) electrons. The summed E-state index contributed by atoms with van der Waals surface area (Å²) in [6.07, 6.45) is 4.73. The molecule has 0 unspecified atom stereocenters. The molecule has 0 saturated carbocycles. The molecular formula is C19H17N5O3. The summed E-state index contributed by atoms with van der Waals surface area (Å²) in [5.74, 6) is 1.65. The van der Waals surface area contributed by atoms with Gasteiger partial charge in [-0.3, -0.25) is 9.78 Å². The number of rotatable bonds is 5. The Kier molecular flexibility index (Phi) is 4.52. The van der Waals surface area contributed by atoms with Crippen molar-refractivity contribution in [3.05, 3.63) is 65.7 Å². The highest BCUT2D eigenvalue weighted by Gasteiger charge is 2.14. The van der Waals surface area contributed by atoms with E-state index in [0.29, 0.717) is 29.4 Å². The largest absolute Gasteiger partial charge is 0.454 e. The molecule has 2 N–H and O–H groups in total. The molecule has 1 aromatic carbocycles. The van der Waals surface area contributed by atoms with Crippen LogP contribution in [0.15, 0.2) is 48.9 Å². The minimum atomic E-state index is -0.275. The van der Waals surface area contributed by atoms with Gasteiger partial charge in [-0.05, 0) is 36.8 Å². The molecule has 2 aromatic heterocycles. The van der Waals surface area contributed by atoms with Gasteiger partial charge in [0.05, 0.1) is 23.1 Å². The summed E-state index contributed by atoms with van der Waals surface area (Å²) in [5, 5.41) is 5.92. The van der Waals surface area contributed by atoms with E-state index in [1.165, 1.54) is 6.20 Å². The predicted octanol–water partition coefficient (Wildman–Crippen LogP) is 2.77. The number of fused-ring (bicyclic) bond motifs is 1. The van der Waals surface area contributed by atoms with E-state index in [9.17, 15) is 4.79 Å². The van der Waals surface area contributed by atoms with E-state index < -0.39 is 0 Å². The topological polar surface area (TPSA) is 98.3 Å². The molecule has 27 heavy (non-hydrogen) atoms. The fourth-order valence-corrected chi connectivity index (χ4v) is 2.64. The van der Waals surface area contributed by atoms with Crippen LogP contribution in [-0.2, 0) is 6.54 Å². The Morgan fingerprint density at radius 3 is 2.89 bits per heavy atom. The van der Waals surface area contributed by atoms with E-state index >= 15 is 0 Å². The number of aryl methyl sites for hydroxylation is 1. The van der Waals surface area contributed by atoms with Crippen LogP contribution in [0.3, 0.4) is 0 Å². The number of ether oxygens (including phenoxy) is 2. The number of anilines is 2. The molecule has 0 atom stereocenters. The first-order valence-corrected chi connectivity index (χ1v) is 8.36. The molecule has 0 spiro atoms. The summed E-state index contributed by atoms with van der Waals surface area (Å²) in [4.78, 5) is 24.9. The average molecular weight is 363 g/mol. The Bertz CT molecular complexity index is 978. The highest BCUT2D eigenvalue weighted by atomic mass is 16.7. The third kappa shape index (κ3) is 3.79. The van der Waals surface area contributed by atoms with Crippen molar-refractivity contribution in [2.75, 3.05) is 17.4 Å². The number of nitrogens with one attached hydrogen (secondary N) is 2. The first-order chi connectivity index (χ1) is 13.2. The molecule has 8 heteroatoms. The van der Waals surface area contributed by atoms with Gasteiger partial charge in [-0.2, -0.15) is 0 Å². The fourth-order valence-electron chi connectivity index (χ4n) is 2.64. The highest BCUT2D eigenvalue weighted by Crippen LogP contribution is 2.32. The lowest BCUT2D eigenvalue weighted by Gasteiger charge is -2.09. The van der Waals surface area contributed by atoms with E-state index in [1.807, 2.05) is 18.2 Å². The maximum atomic E-state index is 12.4. The first kappa shape index (κ1) is 16.8. The van der Waals surface area contributed by atoms with Gasteiger partial charge in [0, 0.05) is 18.9 Å². The number of hydrogen-bond acceptors (Lipinski definition) is 7. The van der Waals surface area contributed by atoms with Crippen molar-refractivity contribution in [1.82, 2.24) is 15.0 Å². The zero-order chi connectivity index (χ0) is 18.6. The van der Waals surface area contributed by atoms with E-state index in [1.54, 1.807) is 31.5 Å². The molecule has 3 aromatic rings. The van der Waals surface area contributed by atoms with Crippen LogP contribution in [0.5, 0.6) is 11.5 Å². The first-order valence-electron chi connectivity index (χ1n) is 8.36. The Hall–Kier alpha value is -3.68. The fraction of sp³-hybridized carbons (Fsp3) is 0.158. The number of amides is 1. The molecule has 0 fully saturated rings. The van der Waals surface area contributed by atoms with Gasteiger partial charge < -0.3 is 20.1 Å². The van der Waals surface area contributed by atoms with Crippen molar-refractivity contribution in [1.29, 1.82) is 0 Å². The molecule has 1 aliphatic rings. The van der Waals surface area contributed by atoms with Crippen molar-refractivity contribution in [3.8, 4) is 11.5 Å². The molecule has 136 valence electrons. The second-order valence-corrected chi connectivity index (χ2v) is 5.93. The van der Waals surface area contributed by atoms with Gasteiger partial charge in [-0.15, -0.1) is 0 Å². The summed E-state index contributed by atoms with van der Waals surface area (Å²) in [6.45, 7) is 2.54. The molecule has 1 aliphatic heterocycles. The van der Waals surface area contributed by atoms with Crippen molar-refractivity contribution >= 4 is 17.5 Å². The second kappa shape index (κ2) is 7.28. The van der Waals surface area contributed by atoms with Gasteiger partial charge in [0.1, 0.15) is 0 Å². The van der Waals surface area contributed by atoms with E-state index in [0.717, 1.165) is 17.1 Å². The minimum Gasteiger partial charge on any atom is -0.454 e. The van der Waals surface area contributed by atoms with E-state index in [2.05, 4.69) is 25.6 Å². The summed E-state index contributed by atoms with van der Waals surface area (Å²) in [7, 11) is 0. The van der Waals surface area contributed by atoms with Crippen LogP contribution in [0.1, 0.15) is 21.6 Å². The quantitative estimate of drug-likeness (QED) is 0.719. The molecular weight excluding hydrogens is 346 g/mol. The zero-order valence-electron chi connectivity index (χ0n) is 14.6. The van der Waals surface area contributed by atoms with Crippen LogP contribution in [0.4, 0.5) is 11.6 Å². The Morgan fingerprint density at radius 1 is 1.19 bits per heavy atom. The van der Waals surface area contributed by atoms with Gasteiger partial charge in [-0.25, -0.2) is 9.97 Å². The predicted molar refractivity (Wildman–Crippen MR) is 98.9 cm³/mol. The van der Waals surface area contributed by atoms with E-state index in [4.69, 9.17) is 9.47 Å². The zero-order valence-corrected chi connectivity index (χ0v) is 14.6. The van der Waals surface area contributed by atoms with Crippen LogP contribution in [0.25, 0.3) is 0 Å². The standard InChI is InChI=1S/C19H17N5O3/c1-12-15(18(25)24-14-3-2-6-20-9-14)10-22-19(23-12)21-8-13-4-5-16-17(7-13)27-11-26-16/h2-7,9-10H,8,11H2,1H3,(H,24,25)(H,21,22,23). The SMILES string of the molecule is Cc1nc(NCc2ccc3c(c2)OCO3)ncc1C(=O)Nc1cccnc1. The Balaban J connectivity index is 1.41. The van der Waals surface area contributed by atoms with Crippen LogP contribution in [-0.4, -0.2) is 27.7 Å². The Labute approximate surface area is 155 Å². The summed E-state index contributed by atoms with van der Waals surface area (Å²) in [5.41, 5.74) is 2.62. The van der Waals surface area contributed by atoms with Gasteiger partial charge in [-0.1, -0.05) is 6.07 Å². The van der Waals surface area contributed by atoms with Gasteiger partial charge >= 0.3 is 0 Å². The lowest BCUT2D eigenvalue weighted by Crippen LogP contribution is -2.15. The molecule has 4 rings (SSSR count). The third-order valence-corrected chi connectivity index (χ3v) is 4.03. The minimum absolute atomic E-state index is 0.247. The monoisotopic (exact) mass is 363 g/mol. The van der Waals surface area contributed by atoms with Crippen LogP contribution in [0, 0.1) is 6.92 Å². The van der Waals surface area contributed by atoms with Crippen LogP contribution >= 0.6 is 0 Å². The van der Waals surface area contributed by atoms with Crippen molar-refractivity contribution in [3.63, 3.8) is 0 Å². The van der Waals surface area contributed by atoms with Crippen molar-refractivity contribution < 1.29 is 14.3 Å². The van der Waals surface area contributed by atoms with Gasteiger partial charge in [0.15, 0.2) is 11.5 Å². The van der Waals surface area contributed by atoms with Gasteiger partial charge in [0.25, 0.3) is 5.91 Å². The smallest absolute Gasteiger partial charge is 0.259 e. The van der Waals surface area contributed by atoms with Crippen LogP contribution < -0.4 is 20.1 Å². The van der Waals surface area contributed by atoms with E-state index in [-0.39, 0.29) is 12.7 Å². The lowest BCUT2D eigenvalue weighted by atomic mass is 10.2. The third-order valence-electron chi connectivity index (χ3n) is 4.03. The number of carbonyl (C=O) groups excluding carboxylic acids is 1. The summed E-state index contributed by atoms with van der Waals surface area (Å²) < 4.78 is 10.7. The molecule has 1 amide bonds. The normalized spacial score (nSPS) is 11.9.